The molecular formula is C16H22N4O2S. The number of thiazole rings is 1. The average molecular weight is 334 g/mol. The zero-order valence-electron chi connectivity index (χ0n) is 13.6. The van der Waals surface area contributed by atoms with Crippen molar-refractivity contribution in [2.24, 2.45) is 5.41 Å². The molecule has 0 bridgehead atoms. The Morgan fingerprint density at radius 3 is 2.78 bits per heavy atom. The van der Waals surface area contributed by atoms with Crippen molar-refractivity contribution in [3.8, 4) is 10.7 Å². The first-order valence-corrected chi connectivity index (χ1v) is 8.36. The molecule has 7 heteroatoms. The molecule has 0 saturated heterocycles. The summed E-state index contributed by atoms with van der Waals surface area (Å²) in [4.78, 5) is 24.8. The second-order valence-electron chi connectivity index (χ2n) is 6.62. The third-order valence-corrected chi connectivity index (χ3v) is 4.03. The third kappa shape index (κ3) is 5.69. The number of carbonyl (C=O) groups is 1. The van der Waals surface area contributed by atoms with Crippen LogP contribution in [0.25, 0.3) is 10.7 Å². The van der Waals surface area contributed by atoms with Crippen molar-refractivity contribution >= 4 is 17.2 Å². The van der Waals surface area contributed by atoms with Gasteiger partial charge in [-0.05, 0) is 11.8 Å². The van der Waals surface area contributed by atoms with E-state index in [0.717, 1.165) is 11.4 Å². The summed E-state index contributed by atoms with van der Waals surface area (Å²) in [7, 11) is 0. The van der Waals surface area contributed by atoms with Crippen molar-refractivity contribution in [2.75, 3.05) is 6.61 Å². The third-order valence-electron chi connectivity index (χ3n) is 3.12. The molecule has 0 fully saturated rings. The molecule has 2 heterocycles. The lowest BCUT2D eigenvalue weighted by molar-refractivity contribution is -0.121. The Hall–Kier alpha value is -1.86. The fourth-order valence-corrected chi connectivity index (χ4v) is 3.04. The van der Waals surface area contributed by atoms with E-state index in [0.29, 0.717) is 11.4 Å². The lowest BCUT2D eigenvalue weighted by Gasteiger charge is -2.25. The minimum absolute atomic E-state index is 0.0421. The van der Waals surface area contributed by atoms with E-state index in [-0.39, 0.29) is 30.4 Å². The minimum atomic E-state index is -0.236. The number of hydrogen-bond acceptors (Lipinski definition) is 6. The van der Waals surface area contributed by atoms with Crippen molar-refractivity contribution in [1.29, 1.82) is 0 Å². The summed E-state index contributed by atoms with van der Waals surface area (Å²) >= 11 is 1.44. The van der Waals surface area contributed by atoms with Gasteiger partial charge in [-0.2, -0.15) is 0 Å². The van der Waals surface area contributed by atoms with E-state index in [1.54, 1.807) is 18.6 Å². The van der Waals surface area contributed by atoms with E-state index in [1.807, 2.05) is 5.38 Å². The predicted octanol–water partition coefficient (Wildman–Crippen LogP) is 2.06. The first kappa shape index (κ1) is 17.5. The Labute approximate surface area is 140 Å². The lowest BCUT2D eigenvalue weighted by atomic mass is 9.88. The van der Waals surface area contributed by atoms with Crippen molar-refractivity contribution in [1.82, 2.24) is 20.3 Å². The molecule has 0 saturated carbocycles. The molecule has 0 aliphatic carbocycles. The van der Waals surface area contributed by atoms with E-state index in [1.165, 1.54) is 11.3 Å². The largest absolute Gasteiger partial charge is 0.394 e. The van der Waals surface area contributed by atoms with E-state index in [4.69, 9.17) is 0 Å². The van der Waals surface area contributed by atoms with Gasteiger partial charge < -0.3 is 10.4 Å². The number of aliphatic hydroxyl groups excluding tert-OH is 1. The molecular weight excluding hydrogens is 312 g/mol. The normalized spacial score (nSPS) is 12.9. The van der Waals surface area contributed by atoms with Crippen LogP contribution in [0.3, 0.4) is 0 Å². The maximum Gasteiger partial charge on any atom is 0.226 e. The van der Waals surface area contributed by atoms with Gasteiger partial charge in [0.2, 0.25) is 5.91 Å². The Morgan fingerprint density at radius 2 is 2.17 bits per heavy atom. The van der Waals surface area contributed by atoms with Crippen molar-refractivity contribution in [2.45, 2.75) is 39.7 Å². The van der Waals surface area contributed by atoms with Crippen LogP contribution in [-0.4, -0.2) is 38.6 Å². The molecule has 1 atom stereocenters. The lowest BCUT2D eigenvalue weighted by Crippen LogP contribution is -2.40. The summed E-state index contributed by atoms with van der Waals surface area (Å²) in [5.74, 6) is -0.135. The van der Waals surface area contributed by atoms with Crippen molar-refractivity contribution in [3.05, 3.63) is 29.7 Å². The zero-order chi connectivity index (χ0) is 16.9. The summed E-state index contributed by atoms with van der Waals surface area (Å²) in [5.41, 5.74) is 1.44. The van der Waals surface area contributed by atoms with E-state index >= 15 is 0 Å². The highest BCUT2D eigenvalue weighted by atomic mass is 32.1. The van der Waals surface area contributed by atoms with Gasteiger partial charge in [0.1, 0.15) is 10.7 Å². The first-order valence-electron chi connectivity index (χ1n) is 7.48. The van der Waals surface area contributed by atoms with Crippen LogP contribution in [0.2, 0.25) is 0 Å². The van der Waals surface area contributed by atoms with Gasteiger partial charge in [-0.1, -0.05) is 20.8 Å². The molecule has 6 nitrogen and oxygen atoms in total. The summed E-state index contributed by atoms with van der Waals surface area (Å²) < 4.78 is 0. The molecule has 0 aliphatic heterocycles. The Balaban J connectivity index is 1.94. The van der Waals surface area contributed by atoms with Gasteiger partial charge in [0.25, 0.3) is 0 Å². The standard InChI is InChI=1S/C16H22N4O2S/c1-16(2,3)7-12(9-21)19-14(22)6-11-10-23-15(20-11)13-8-17-4-5-18-13/h4-5,8,10,12,21H,6-7,9H2,1-3H3,(H,19,22). The smallest absolute Gasteiger partial charge is 0.226 e. The zero-order valence-corrected chi connectivity index (χ0v) is 14.4. The van der Waals surface area contributed by atoms with Crippen molar-refractivity contribution in [3.63, 3.8) is 0 Å². The highest BCUT2D eigenvalue weighted by molar-refractivity contribution is 7.13. The molecule has 1 unspecified atom stereocenters. The van der Waals surface area contributed by atoms with Crippen LogP contribution in [0.15, 0.2) is 24.0 Å². The van der Waals surface area contributed by atoms with Gasteiger partial charge in [-0.15, -0.1) is 11.3 Å². The number of rotatable bonds is 6. The van der Waals surface area contributed by atoms with E-state index in [9.17, 15) is 9.90 Å². The van der Waals surface area contributed by atoms with Crippen LogP contribution in [0, 0.1) is 5.41 Å². The molecule has 0 radical (unpaired) electrons. The van der Waals surface area contributed by atoms with Crippen LogP contribution in [0.1, 0.15) is 32.9 Å². The van der Waals surface area contributed by atoms with Gasteiger partial charge in [0.05, 0.1) is 31.0 Å². The molecule has 0 spiro atoms. The summed E-state index contributed by atoms with van der Waals surface area (Å²) in [6, 6.07) is -0.236. The fraction of sp³-hybridized carbons (Fsp3) is 0.500. The number of carbonyl (C=O) groups excluding carboxylic acids is 1. The second-order valence-corrected chi connectivity index (χ2v) is 7.48. The predicted molar refractivity (Wildman–Crippen MR) is 89.9 cm³/mol. The SMILES string of the molecule is CC(C)(C)CC(CO)NC(=O)Cc1csc(-c2cnccn2)n1. The van der Waals surface area contributed by atoms with Gasteiger partial charge in [0, 0.05) is 17.8 Å². The Morgan fingerprint density at radius 1 is 1.39 bits per heavy atom. The number of aliphatic hydroxyl groups is 1. The Kier molecular flexibility index (Phi) is 5.79. The minimum Gasteiger partial charge on any atom is -0.394 e. The summed E-state index contributed by atoms with van der Waals surface area (Å²) in [6.07, 6.45) is 5.78. The molecule has 0 aromatic carbocycles. The quantitative estimate of drug-likeness (QED) is 0.844. The van der Waals surface area contributed by atoms with Gasteiger partial charge in [-0.3, -0.25) is 14.8 Å². The maximum absolute atomic E-state index is 12.1. The molecule has 2 rings (SSSR count). The second kappa shape index (κ2) is 7.61. The summed E-state index contributed by atoms with van der Waals surface area (Å²) in [6.45, 7) is 6.17. The number of hydrogen-bond donors (Lipinski definition) is 2. The van der Waals surface area contributed by atoms with Gasteiger partial charge >= 0.3 is 0 Å². The van der Waals surface area contributed by atoms with E-state index < -0.39 is 0 Å². The number of nitrogens with one attached hydrogen (secondary N) is 1. The van der Waals surface area contributed by atoms with Crippen LogP contribution in [0.5, 0.6) is 0 Å². The first-order chi connectivity index (χ1) is 10.9. The molecule has 2 N–H and O–H groups in total. The van der Waals surface area contributed by atoms with Crippen LogP contribution in [-0.2, 0) is 11.2 Å². The highest BCUT2D eigenvalue weighted by Gasteiger charge is 2.20. The fourth-order valence-electron chi connectivity index (χ4n) is 2.26. The topological polar surface area (TPSA) is 88.0 Å². The number of amides is 1. The molecule has 2 aromatic heterocycles. The molecule has 23 heavy (non-hydrogen) atoms. The molecule has 2 aromatic rings. The Bertz CT molecular complexity index is 637. The average Bonchev–Trinajstić information content (AvgIpc) is 2.94. The molecule has 0 aliphatic rings. The summed E-state index contributed by atoms with van der Waals surface area (Å²) in [5, 5.41) is 14.9. The maximum atomic E-state index is 12.1. The molecule has 124 valence electrons. The van der Waals surface area contributed by atoms with Gasteiger partial charge in [-0.25, -0.2) is 4.98 Å². The number of nitrogens with zero attached hydrogens (tertiary/aromatic N) is 3. The van der Waals surface area contributed by atoms with E-state index in [2.05, 4.69) is 41.0 Å². The van der Waals surface area contributed by atoms with Crippen molar-refractivity contribution < 1.29 is 9.90 Å². The van der Waals surface area contributed by atoms with Gasteiger partial charge in [0.15, 0.2) is 0 Å². The van der Waals surface area contributed by atoms with Crippen LogP contribution < -0.4 is 5.32 Å². The van der Waals surface area contributed by atoms with Crippen LogP contribution in [0.4, 0.5) is 0 Å². The molecule has 1 amide bonds. The highest BCUT2D eigenvalue weighted by Crippen LogP contribution is 2.22. The monoisotopic (exact) mass is 334 g/mol. The number of aromatic nitrogens is 3. The van der Waals surface area contributed by atoms with Crippen LogP contribution >= 0.6 is 11.3 Å².